The summed E-state index contributed by atoms with van der Waals surface area (Å²) in [6.07, 6.45) is 3.43. The van der Waals surface area contributed by atoms with Crippen LogP contribution in [0.2, 0.25) is 0 Å². The lowest BCUT2D eigenvalue weighted by Crippen LogP contribution is -2.48. The molecule has 2 aromatic rings. The molecule has 0 saturated carbocycles. The second-order valence-corrected chi connectivity index (χ2v) is 8.06. The fourth-order valence-corrected chi connectivity index (χ4v) is 4.22. The van der Waals surface area contributed by atoms with E-state index in [1.165, 1.54) is 0 Å². The summed E-state index contributed by atoms with van der Waals surface area (Å²) in [7, 11) is 0. The van der Waals surface area contributed by atoms with Crippen molar-refractivity contribution in [2.24, 2.45) is 5.92 Å². The highest BCUT2D eigenvalue weighted by Crippen LogP contribution is 2.27. The van der Waals surface area contributed by atoms with Crippen LogP contribution in [0.15, 0.2) is 11.6 Å². The Hall–Kier alpha value is -2.22. The number of aromatic nitrogens is 3. The molecule has 2 aliphatic heterocycles. The molecule has 0 unspecified atom stereocenters. The molecular weight excluding hydrogens is 348 g/mol. The quantitative estimate of drug-likeness (QED) is 0.881. The van der Waals surface area contributed by atoms with Gasteiger partial charge in [0.05, 0.1) is 0 Å². The van der Waals surface area contributed by atoms with Crippen LogP contribution in [0.3, 0.4) is 0 Å². The zero-order valence-electron chi connectivity index (χ0n) is 15.2. The van der Waals surface area contributed by atoms with Gasteiger partial charge in [-0.15, -0.1) is 11.3 Å². The molecule has 7 nitrogen and oxygen atoms in total. The normalized spacial score (nSPS) is 17.4. The summed E-state index contributed by atoms with van der Waals surface area (Å²) in [5, 5.41) is 6.00. The number of rotatable bonds is 4. The van der Waals surface area contributed by atoms with Crippen molar-refractivity contribution in [3.63, 3.8) is 0 Å². The van der Waals surface area contributed by atoms with Crippen molar-refractivity contribution in [2.75, 3.05) is 42.5 Å². The van der Waals surface area contributed by atoms with Crippen molar-refractivity contribution >= 4 is 28.2 Å². The first-order valence-electron chi connectivity index (χ1n) is 9.19. The van der Waals surface area contributed by atoms with Gasteiger partial charge in [-0.2, -0.15) is 0 Å². The summed E-state index contributed by atoms with van der Waals surface area (Å²) >= 11 is 1.68. The third-order valence-corrected chi connectivity index (χ3v) is 5.60. The molecule has 0 spiro atoms. The Morgan fingerprint density at radius 1 is 1.19 bits per heavy atom. The number of thiazole rings is 1. The van der Waals surface area contributed by atoms with E-state index in [9.17, 15) is 4.79 Å². The second kappa shape index (κ2) is 7.19. The number of carbonyl (C=O) groups excluding carboxylic acids is 1. The largest absolute Gasteiger partial charge is 0.353 e. The maximum absolute atomic E-state index is 12.3. The molecule has 4 rings (SSSR count). The Balaban J connectivity index is 1.61. The highest BCUT2D eigenvalue weighted by molar-refractivity contribution is 7.13. The molecule has 0 aliphatic carbocycles. The van der Waals surface area contributed by atoms with E-state index in [0.29, 0.717) is 18.2 Å². The van der Waals surface area contributed by atoms with E-state index in [1.54, 1.807) is 11.3 Å². The van der Waals surface area contributed by atoms with Gasteiger partial charge in [0.1, 0.15) is 17.3 Å². The molecule has 138 valence electrons. The summed E-state index contributed by atoms with van der Waals surface area (Å²) in [6, 6.07) is 0. The maximum atomic E-state index is 12.3. The standard InChI is InChI=1S/C18H24N6OS/c1-12(2)11-14-21-15-13(3-4-19-17(15)25)16(22-14)23-6-8-24(9-7-23)18-20-5-10-26-18/h5,10,12H,3-4,6-9,11H2,1-2H3,(H,19,25). The van der Waals surface area contributed by atoms with E-state index >= 15 is 0 Å². The number of amides is 1. The lowest BCUT2D eigenvalue weighted by Gasteiger charge is -2.37. The maximum Gasteiger partial charge on any atom is 0.270 e. The molecule has 0 bridgehead atoms. The lowest BCUT2D eigenvalue weighted by atomic mass is 10.0. The average molecular weight is 372 g/mol. The van der Waals surface area contributed by atoms with Gasteiger partial charge >= 0.3 is 0 Å². The monoisotopic (exact) mass is 372 g/mol. The van der Waals surface area contributed by atoms with Crippen LogP contribution < -0.4 is 15.1 Å². The third kappa shape index (κ3) is 3.38. The van der Waals surface area contributed by atoms with E-state index < -0.39 is 0 Å². The van der Waals surface area contributed by atoms with Gasteiger partial charge < -0.3 is 15.1 Å². The first-order chi connectivity index (χ1) is 12.6. The Morgan fingerprint density at radius 3 is 2.65 bits per heavy atom. The van der Waals surface area contributed by atoms with Gasteiger partial charge in [-0.3, -0.25) is 4.79 Å². The molecule has 1 N–H and O–H groups in total. The van der Waals surface area contributed by atoms with Crippen molar-refractivity contribution < 1.29 is 4.79 Å². The Kier molecular flexibility index (Phi) is 4.76. The highest BCUT2D eigenvalue weighted by atomic mass is 32.1. The zero-order valence-corrected chi connectivity index (χ0v) is 16.1. The summed E-state index contributed by atoms with van der Waals surface area (Å²) in [5.74, 6) is 2.11. The number of piperazine rings is 1. The molecule has 26 heavy (non-hydrogen) atoms. The van der Waals surface area contributed by atoms with Crippen molar-refractivity contribution in [3.8, 4) is 0 Å². The Bertz CT molecular complexity index is 783. The summed E-state index contributed by atoms with van der Waals surface area (Å²) in [5.41, 5.74) is 1.57. The molecule has 2 aromatic heterocycles. The van der Waals surface area contributed by atoms with E-state index in [1.807, 2.05) is 11.6 Å². The van der Waals surface area contributed by atoms with E-state index in [0.717, 1.165) is 61.4 Å². The van der Waals surface area contributed by atoms with Gasteiger partial charge in [-0.25, -0.2) is 15.0 Å². The minimum atomic E-state index is -0.0682. The summed E-state index contributed by atoms with van der Waals surface area (Å²) in [6.45, 7) is 8.54. The predicted octanol–water partition coefficient (Wildman–Crippen LogP) is 1.74. The van der Waals surface area contributed by atoms with Crippen LogP contribution in [0.4, 0.5) is 10.9 Å². The SMILES string of the molecule is CC(C)Cc1nc2c(c(N3CCN(c4nccs4)CC3)n1)CCNC2=O. The summed E-state index contributed by atoms with van der Waals surface area (Å²) in [4.78, 5) is 30.8. The van der Waals surface area contributed by atoms with Crippen LogP contribution >= 0.6 is 11.3 Å². The van der Waals surface area contributed by atoms with Gasteiger partial charge in [0.15, 0.2) is 5.13 Å². The molecule has 1 fully saturated rings. The van der Waals surface area contributed by atoms with Crippen LogP contribution in [0.25, 0.3) is 0 Å². The molecule has 1 amide bonds. The Morgan fingerprint density at radius 2 is 1.96 bits per heavy atom. The predicted molar refractivity (Wildman–Crippen MR) is 103 cm³/mol. The fraction of sp³-hybridized carbons (Fsp3) is 0.556. The van der Waals surface area contributed by atoms with Crippen LogP contribution in [0.5, 0.6) is 0 Å². The minimum Gasteiger partial charge on any atom is -0.353 e. The highest BCUT2D eigenvalue weighted by Gasteiger charge is 2.28. The molecule has 0 aromatic carbocycles. The number of hydrogen-bond donors (Lipinski definition) is 1. The Labute approximate surface area is 157 Å². The topological polar surface area (TPSA) is 74.2 Å². The number of fused-ring (bicyclic) bond motifs is 1. The van der Waals surface area contributed by atoms with Crippen molar-refractivity contribution in [3.05, 3.63) is 28.7 Å². The van der Waals surface area contributed by atoms with Crippen LogP contribution in [0, 0.1) is 5.92 Å². The van der Waals surface area contributed by atoms with Crippen molar-refractivity contribution in [1.82, 2.24) is 20.3 Å². The molecule has 2 aliphatic rings. The minimum absolute atomic E-state index is 0.0682. The van der Waals surface area contributed by atoms with Gasteiger partial charge in [0.2, 0.25) is 0 Å². The molecular formula is C18H24N6OS. The van der Waals surface area contributed by atoms with Gasteiger partial charge in [-0.1, -0.05) is 13.8 Å². The van der Waals surface area contributed by atoms with Crippen molar-refractivity contribution in [2.45, 2.75) is 26.7 Å². The first-order valence-corrected chi connectivity index (χ1v) is 10.1. The summed E-state index contributed by atoms with van der Waals surface area (Å²) < 4.78 is 0. The number of nitrogens with one attached hydrogen (secondary N) is 1. The molecule has 0 atom stereocenters. The van der Waals surface area contributed by atoms with Crippen molar-refractivity contribution in [1.29, 1.82) is 0 Å². The van der Waals surface area contributed by atoms with Crippen LogP contribution in [-0.2, 0) is 12.8 Å². The van der Waals surface area contributed by atoms with Gasteiger partial charge in [-0.05, 0) is 12.3 Å². The van der Waals surface area contributed by atoms with Gasteiger partial charge in [0.25, 0.3) is 5.91 Å². The number of carbonyl (C=O) groups is 1. The van der Waals surface area contributed by atoms with Gasteiger partial charge in [0, 0.05) is 56.3 Å². The van der Waals surface area contributed by atoms with E-state index in [2.05, 4.69) is 38.9 Å². The molecule has 8 heteroatoms. The third-order valence-electron chi connectivity index (χ3n) is 4.77. The lowest BCUT2D eigenvalue weighted by molar-refractivity contribution is 0.0940. The zero-order chi connectivity index (χ0) is 18.1. The number of hydrogen-bond acceptors (Lipinski definition) is 7. The molecule has 4 heterocycles. The average Bonchev–Trinajstić information content (AvgIpc) is 3.16. The fourth-order valence-electron chi connectivity index (χ4n) is 3.52. The number of nitrogens with zero attached hydrogens (tertiary/aromatic N) is 5. The van der Waals surface area contributed by atoms with E-state index in [-0.39, 0.29) is 5.91 Å². The van der Waals surface area contributed by atoms with Crippen LogP contribution in [-0.4, -0.2) is 53.6 Å². The smallest absolute Gasteiger partial charge is 0.270 e. The van der Waals surface area contributed by atoms with Crippen LogP contribution in [0.1, 0.15) is 35.7 Å². The second-order valence-electron chi connectivity index (χ2n) is 7.18. The first kappa shape index (κ1) is 17.2. The van der Waals surface area contributed by atoms with E-state index in [4.69, 9.17) is 4.98 Å². The molecule has 1 saturated heterocycles. The number of anilines is 2. The molecule has 0 radical (unpaired) electrons.